The Morgan fingerprint density at radius 2 is 0.667 bits per heavy atom. The van der Waals surface area contributed by atoms with Crippen molar-refractivity contribution in [2.24, 2.45) is 0 Å². The lowest BCUT2D eigenvalue weighted by molar-refractivity contribution is 0.443. The van der Waals surface area contributed by atoms with Crippen LogP contribution in [0.25, 0.3) is 0 Å². The zero-order valence-electron chi connectivity index (χ0n) is 30.5. The zero-order valence-corrected chi connectivity index (χ0v) is 30.5. The van der Waals surface area contributed by atoms with Gasteiger partial charge < -0.3 is 24.0 Å². The highest BCUT2D eigenvalue weighted by Gasteiger charge is 2.48. The van der Waals surface area contributed by atoms with Crippen LogP contribution >= 0.6 is 0 Å². The normalized spacial score (nSPS) is 16.4. The highest BCUT2D eigenvalue weighted by Crippen LogP contribution is 2.55. The largest absolute Gasteiger partial charge is 0.458 e. The number of fused-ring (bicyclic) bond motifs is 4. The third-order valence-electron chi connectivity index (χ3n) is 12.5. The van der Waals surface area contributed by atoms with Crippen LogP contribution in [-0.4, -0.2) is 6.71 Å². The van der Waals surface area contributed by atoms with Crippen molar-refractivity contribution in [2.45, 2.75) is 38.5 Å². The van der Waals surface area contributed by atoms with Gasteiger partial charge in [-0.15, -0.1) is 0 Å². The number of hydrogen-bond acceptors (Lipinski definition) is 5. The third kappa shape index (κ3) is 3.75. The van der Waals surface area contributed by atoms with E-state index in [1.54, 1.807) is 0 Å². The van der Waals surface area contributed by atoms with Gasteiger partial charge in [-0.1, -0.05) is 107 Å². The van der Waals surface area contributed by atoms with Gasteiger partial charge in [-0.25, -0.2) is 0 Å². The first kappa shape index (κ1) is 30.1. The van der Waals surface area contributed by atoms with E-state index in [0.29, 0.717) is 0 Å². The smallest absolute Gasteiger partial charge is 0.270 e. The first-order valence-corrected chi connectivity index (χ1v) is 18.8. The lowest BCUT2D eigenvalue weighted by Crippen LogP contribution is -2.59. The Hall–Kier alpha value is -6.40. The lowest BCUT2D eigenvalue weighted by atomic mass is 9.34. The van der Waals surface area contributed by atoms with Gasteiger partial charge in [0.1, 0.15) is 34.5 Å². The van der Waals surface area contributed by atoms with Crippen LogP contribution in [0.15, 0.2) is 140 Å². The quantitative estimate of drug-likeness (QED) is 0.168. The van der Waals surface area contributed by atoms with Crippen LogP contribution < -0.4 is 40.4 Å². The molecule has 5 nitrogen and oxygen atoms in total. The number of rotatable bonds is 2. The van der Waals surface area contributed by atoms with Crippen molar-refractivity contribution in [1.82, 2.24) is 0 Å². The molecule has 0 radical (unpaired) electrons. The summed E-state index contributed by atoms with van der Waals surface area (Å²) in [5, 5.41) is 0. The number of hydrogen-bond donors (Lipinski definition) is 0. The SMILES string of the molecule is CC1(C)c2ccccc2N(c2cc3c4c(c2)Oc2cc(N5c6ccccc6C(C)(C)c6ccccc65)cc5c2B4c2c(cccc2O5)O3)c2ccccc21. The number of benzene rings is 7. The fourth-order valence-electron chi connectivity index (χ4n) is 10.0. The molecule has 0 unspecified atom stereocenters. The molecular weight excluding hydrogens is 663 g/mol. The Morgan fingerprint density at radius 3 is 1.02 bits per heavy atom. The van der Waals surface area contributed by atoms with Crippen molar-refractivity contribution >= 4 is 57.2 Å². The second kappa shape index (κ2) is 10.2. The number of ether oxygens (including phenoxy) is 3. The van der Waals surface area contributed by atoms with Crippen molar-refractivity contribution in [3.05, 3.63) is 162 Å². The Kier molecular flexibility index (Phi) is 5.67. The van der Waals surface area contributed by atoms with Gasteiger partial charge >= 0.3 is 0 Å². The highest BCUT2D eigenvalue weighted by molar-refractivity contribution is 6.99. The maximum absolute atomic E-state index is 7.13. The molecule has 0 spiro atoms. The molecule has 5 heterocycles. The number of para-hydroxylation sites is 4. The molecule has 0 fully saturated rings. The molecule has 7 aromatic carbocycles. The van der Waals surface area contributed by atoms with E-state index in [9.17, 15) is 0 Å². The molecule has 7 aromatic rings. The number of anilines is 6. The molecule has 0 aromatic heterocycles. The summed E-state index contributed by atoms with van der Waals surface area (Å²) in [4.78, 5) is 4.74. The first-order valence-electron chi connectivity index (χ1n) is 18.8. The van der Waals surface area contributed by atoms with Crippen molar-refractivity contribution < 1.29 is 14.2 Å². The van der Waals surface area contributed by atoms with Gasteiger partial charge in [-0.3, -0.25) is 0 Å². The summed E-state index contributed by atoms with van der Waals surface area (Å²) < 4.78 is 20.8. The summed E-state index contributed by atoms with van der Waals surface area (Å²) in [7, 11) is 0. The second-order valence-electron chi connectivity index (χ2n) is 16.1. The number of nitrogens with zero attached hydrogens (tertiary/aromatic N) is 2. The monoisotopic (exact) mass is 698 g/mol. The van der Waals surface area contributed by atoms with E-state index in [0.717, 1.165) is 85.0 Å². The average Bonchev–Trinajstić information content (AvgIpc) is 3.18. The summed E-state index contributed by atoms with van der Waals surface area (Å²) in [6.45, 7) is 9.17. The van der Waals surface area contributed by atoms with Gasteiger partial charge in [-0.2, -0.15) is 0 Å². The van der Waals surface area contributed by atoms with Gasteiger partial charge in [-0.05, 0) is 58.7 Å². The molecule has 258 valence electrons. The van der Waals surface area contributed by atoms with E-state index < -0.39 is 0 Å². The summed E-state index contributed by atoms with van der Waals surface area (Å²) >= 11 is 0. The zero-order chi connectivity index (χ0) is 36.1. The van der Waals surface area contributed by atoms with E-state index in [1.165, 1.54) is 22.3 Å². The van der Waals surface area contributed by atoms with Gasteiger partial charge in [0.25, 0.3) is 6.71 Å². The summed E-state index contributed by atoms with van der Waals surface area (Å²) in [5.41, 5.74) is 14.5. The van der Waals surface area contributed by atoms with Gasteiger partial charge in [0.05, 0.1) is 34.1 Å². The third-order valence-corrected chi connectivity index (χ3v) is 12.5. The summed E-state index contributed by atoms with van der Waals surface area (Å²) in [6, 6.07) is 49.9. The predicted molar refractivity (Wildman–Crippen MR) is 218 cm³/mol. The molecule has 6 heteroatoms. The van der Waals surface area contributed by atoms with E-state index >= 15 is 0 Å². The maximum atomic E-state index is 7.13. The van der Waals surface area contributed by atoms with E-state index in [4.69, 9.17) is 14.2 Å². The fraction of sp³-hybridized carbons (Fsp3) is 0.125. The summed E-state index contributed by atoms with van der Waals surface area (Å²) in [6.07, 6.45) is 0. The molecule has 0 saturated carbocycles. The molecular formula is C48H35BN2O3. The standard InChI is InChI=1S/C48H35BN2O3/c1-47(2)30-14-5-9-18-34(30)50(35-19-10-6-15-31(35)47)28-24-40-45-42(26-28)54-43-27-29(25-41-46(43)49(45)44-38(52-40)22-13-23-39(44)53-41)51-36-20-11-7-16-32(36)48(3,4)33-17-8-12-21-37(33)51/h5-27H,1-4H3. The van der Waals surface area contributed by atoms with Crippen LogP contribution in [0.4, 0.5) is 34.1 Å². The topological polar surface area (TPSA) is 34.2 Å². The second-order valence-corrected chi connectivity index (χ2v) is 16.1. The molecule has 12 rings (SSSR count). The van der Waals surface area contributed by atoms with Crippen molar-refractivity contribution in [3.63, 3.8) is 0 Å². The lowest BCUT2D eigenvalue weighted by Gasteiger charge is -2.43. The van der Waals surface area contributed by atoms with Crippen LogP contribution in [0.2, 0.25) is 0 Å². The minimum absolute atomic E-state index is 0.0923. The van der Waals surface area contributed by atoms with Crippen LogP contribution in [-0.2, 0) is 10.8 Å². The molecule has 0 saturated heterocycles. The van der Waals surface area contributed by atoms with Crippen molar-refractivity contribution in [1.29, 1.82) is 0 Å². The molecule has 5 aliphatic rings. The van der Waals surface area contributed by atoms with E-state index in [1.807, 2.05) is 6.07 Å². The Balaban J connectivity index is 1.09. The molecule has 0 amide bonds. The van der Waals surface area contributed by atoms with E-state index in [2.05, 4.69) is 171 Å². The maximum Gasteiger partial charge on any atom is 0.270 e. The molecule has 5 aliphatic heterocycles. The minimum atomic E-state index is -0.163. The first-order chi connectivity index (χ1) is 26.3. The molecule has 54 heavy (non-hydrogen) atoms. The van der Waals surface area contributed by atoms with Crippen LogP contribution in [0.5, 0.6) is 34.5 Å². The van der Waals surface area contributed by atoms with Crippen LogP contribution in [0.3, 0.4) is 0 Å². The van der Waals surface area contributed by atoms with Gasteiger partial charge in [0, 0.05) is 51.5 Å². The van der Waals surface area contributed by atoms with Gasteiger partial charge in [0.2, 0.25) is 0 Å². The Labute approximate surface area is 315 Å². The average molecular weight is 699 g/mol. The molecule has 0 aliphatic carbocycles. The summed E-state index contributed by atoms with van der Waals surface area (Å²) in [5.74, 6) is 4.84. The van der Waals surface area contributed by atoms with Crippen molar-refractivity contribution in [2.75, 3.05) is 9.80 Å². The Bertz CT molecular complexity index is 2520. The minimum Gasteiger partial charge on any atom is -0.458 e. The fourth-order valence-corrected chi connectivity index (χ4v) is 10.0. The highest BCUT2D eigenvalue weighted by atomic mass is 16.5. The van der Waals surface area contributed by atoms with Crippen molar-refractivity contribution in [3.8, 4) is 34.5 Å². The molecule has 0 N–H and O–H groups in total. The Morgan fingerprint density at radius 1 is 0.370 bits per heavy atom. The van der Waals surface area contributed by atoms with Crippen LogP contribution in [0, 0.1) is 0 Å². The predicted octanol–water partition coefficient (Wildman–Crippen LogP) is 10.7. The molecule has 0 atom stereocenters. The van der Waals surface area contributed by atoms with E-state index in [-0.39, 0.29) is 17.5 Å². The van der Waals surface area contributed by atoms with Gasteiger partial charge in [0.15, 0.2) is 0 Å². The van der Waals surface area contributed by atoms with Crippen LogP contribution in [0.1, 0.15) is 49.9 Å². The molecule has 0 bridgehead atoms.